The van der Waals surface area contributed by atoms with Gasteiger partial charge in [0.25, 0.3) is 0 Å². The molecule has 0 N–H and O–H groups in total. The second kappa shape index (κ2) is 8.16. The van der Waals surface area contributed by atoms with Gasteiger partial charge in [-0.2, -0.15) is 0 Å². The van der Waals surface area contributed by atoms with Gasteiger partial charge in [0.1, 0.15) is 5.75 Å². The van der Waals surface area contributed by atoms with Crippen LogP contribution in [0, 0.1) is 0 Å². The molecule has 1 fully saturated rings. The third kappa shape index (κ3) is 4.58. The highest BCUT2D eigenvalue weighted by atomic mass is 16.5. The number of carbonyl (C=O) groups is 1. The van der Waals surface area contributed by atoms with Crippen molar-refractivity contribution in [1.82, 2.24) is 9.80 Å². The number of benzene rings is 1. The van der Waals surface area contributed by atoms with Gasteiger partial charge in [0, 0.05) is 19.1 Å². The summed E-state index contributed by atoms with van der Waals surface area (Å²) in [6.07, 6.45) is 2.22. The Hall–Kier alpha value is -1.81. The van der Waals surface area contributed by atoms with E-state index in [4.69, 9.17) is 4.74 Å². The highest BCUT2D eigenvalue weighted by molar-refractivity contribution is 5.78. The van der Waals surface area contributed by atoms with Crippen LogP contribution >= 0.6 is 0 Å². The molecule has 0 aromatic heterocycles. The molecule has 0 radical (unpaired) electrons. The minimum absolute atomic E-state index is 0.185. The number of ether oxygens (including phenoxy) is 1. The van der Waals surface area contributed by atoms with E-state index in [1.54, 1.807) is 7.11 Å². The maximum atomic E-state index is 12.6. The minimum atomic E-state index is 0.185. The summed E-state index contributed by atoms with van der Waals surface area (Å²) in [6.45, 7) is 10.7. The van der Waals surface area contributed by atoms with Crippen LogP contribution in [0.1, 0.15) is 38.3 Å². The van der Waals surface area contributed by atoms with E-state index in [0.717, 1.165) is 37.3 Å². The van der Waals surface area contributed by atoms with Crippen LogP contribution in [0.2, 0.25) is 0 Å². The summed E-state index contributed by atoms with van der Waals surface area (Å²) < 4.78 is 5.33. The predicted octanol–water partition coefficient (Wildman–Crippen LogP) is 3.26. The van der Waals surface area contributed by atoms with Crippen molar-refractivity contribution < 1.29 is 9.53 Å². The zero-order chi connectivity index (χ0) is 16.8. The molecule has 4 nitrogen and oxygen atoms in total. The van der Waals surface area contributed by atoms with E-state index in [9.17, 15) is 4.79 Å². The first-order valence-electron chi connectivity index (χ1n) is 8.35. The van der Waals surface area contributed by atoms with E-state index in [0.29, 0.717) is 19.1 Å². The number of carbonyl (C=O) groups excluding carboxylic acids is 1. The summed E-state index contributed by atoms with van der Waals surface area (Å²) in [5, 5.41) is 0. The Morgan fingerprint density at radius 3 is 2.91 bits per heavy atom. The van der Waals surface area contributed by atoms with Crippen LogP contribution in [0.3, 0.4) is 0 Å². The maximum Gasteiger partial charge on any atom is 0.237 e. The first-order chi connectivity index (χ1) is 11.0. The zero-order valence-corrected chi connectivity index (χ0v) is 14.5. The van der Waals surface area contributed by atoms with E-state index >= 15 is 0 Å². The standard InChI is InChI=1S/C19H28N2O2/c1-5-20(13-15(2)3)19(22)14-21-11-7-10-18(21)16-8-6-9-17(12-16)23-4/h6,8-9,12,18H,2,5,7,10-11,13-14H2,1,3-4H3. The summed E-state index contributed by atoms with van der Waals surface area (Å²) in [5.41, 5.74) is 2.25. The summed E-state index contributed by atoms with van der Waals surface area (Å²) in [7, 11) is 1.69. The lowest BCUT2D eigenvalue weighted by Gasteiger charge is -2.28. The molecule has 4 heteroatoms. The molecule has 1 aromatic rings. The molecule has 1 heterocycles. The Morgan fingerprint density at radius 1 is 1.48 bits per heavy atom. The van der Waals surface area contributed by atoms with Gasteiger partial charge in [0.2, 0.25) is 5.91 Å². The zero-order valence-electron chi connectivity index (χ0n) is 14.5. The molecule has 1 aromatic carbocycles. The van der Waals surface area contributed by atoms with Crippen molar-refractivity contribution in [3.63, 3.8) is 0 Å². The van der Waals surface area contributed by atoms with Gasteiger partial charge >= 0.3 is 0 Å². The van der Waals surface area contributed by atoms with E-state index in [1.807, 2.05) is 30.9 Å². The Bertz CT molecular complexity index is 556. The topological polar surface area (TPSA) is 32.8 Å². The third-order valence-electron chi connectivity index (χ3n) is 4.38. The highest BCUT2D eigenvalue weighted by Gasteiger charge is 2.28. The monoisotopic (exact) mass is 316 g/mol. The fourth-order valence-electron chi connectivity index (χ4n) is 3.22. The normalized spacial score (nSPS) is 18.0. The first kappa shape index (κ1) is 17.5. The average molecular weight is 316 g/mol. The number of amides is 1. The largest absolute Gasteiger partial charge is 0.497 e. The van der Waals surface area contributed by atoms with Gasteiger partial charge in [0.15, 0.2) is 0 Å². The lowest BCUT2D eigenvalue weighted by Crippen LogP contribution is -2.40. The van der Waals surface area contributed by atoms with Crippen molar-refractivity contribution in [2.75, 3.05) is 33.3 Å². The fraction of sp³-hybridized carbons (Fsp3) is 0.526. The number of hydrogen-bond acceptors (Lipinski definition) is 3. The molecule has 1 amide bonds. The molecule has 126 valence electrons. The summed E-state index contributed by atoms with van der Waals surface area (Å²) in [6, 6.07) is 8.49. The van der Waals surface area contributed by atoms with Gasteiger partial charge in [-0.15, -0.1) is 0 Å². The Balaban J connectivity index is 2.06. The molecule has 0 bridgehead atoms. The van der Waals surface area contributed by atoms with Crippen LogP contribution in [0.5, 0.6) is 5.75 Å². The molecule has 1 aliphatic heterocycles. The van der Waals surface area contributed by atoms with Gasteiger partial charge in [-0.25, -0.2) is 0 Å². The van der Waals surface area contributed by atoms with Gasteiger partial charge in [-0.05, 0) is 50.9 Å². The average Bonchev–Trinajstić information content (AvgIpc) is 3.00. The molecule has 1 unspecified atom stereocenters. The molecular formula is C19H28N2O2. The molecule has 2 rings (SSSR count). The molecule has 1 saturated heterocycles. The molecule has 1 atom stereocenters. The van der Waals surface area contributed by atoms with Crippen molar-refractivity contribution in [2.24, 2.45) is 0 Å². The molecule has 0 spiro atoms. The molecule has 23 heavy (non-hydrogen) atoms. The Morgan fingerprint density at radius 2 is 2.26 bits per heavy atom. The minimum Gasteiger partial charge on any atom is -0.497 e. The lowest BCUT2D eigenvalue weighted by molar-refractivity contribution is -0.132. The fourth-order valence-corrected chi connectivity index (χ4v) is 3.22. The molecular weight excluding hydrogens is 288 g/mol. The van der Waals surface area contributed by atoms with E-state index in [1.165, 1.54) is 5.56 Å². The van der Waals surface area contributed by atoms with E-state index < -0.39 is 0 Å². The van der Waals surface area contributed by atoms with Crippen LogP contribution in [0.15, 0.2) is 36.4 Å². The first-order valence-corrected chi connectivity index (χ1v) is 8.35. The SMILES string of the molecule is C=C(C)CN(CC)C(=O)CN1CCCC1c1cccc(OC)c1. The summed E-state index contributed by atoms with van der Waals surface area (Å²) >= 11 is 0. The van der Waals surface area contributed by atoms with E-state index in [2.05, 4.69) is 23.6 Å². The number of nitrogens with zero attached hydrogens (tertiary/aromatic N) is 2. The van der Waals surface area contributed by atoms with Crippen LogP contribution < -0.4 is 4.74 Å². The lowest BCUT2D eigenvalue weighted by atomic mass is 10.0. The van der Waals surface area contributed by atoms with E-state index in [-0.39, 0.29) is 5.91 Å². The van der Waals surface area contributed by atoms with Crippen molar-refractivity contribution in [3.05, 3.63) is 42.0 Å². The van der Waals surface area contributed by atoms with Gasteiger partial charge < -0.3 is 9.64 Å². The number of methoxy groups -OCH3 is 1. The summed E-state index contributed by atoms with van der Waals surface area (Å²) in [5.74, 6) is 1.06. The van der Waals surface area contributed by atoms with Crippen LogP contribution in [0.4, 0.5) is 0 Å². The van der Waals surface area contributed by atoms with Gasteiger partial charge in [-0.1, -0.05) is 24.3 Å². The van der Waals surface area contributed by atoms with Crippen molar-refractivity contribution in [3.8, 4) is 5.75 Å². The summed E-state index contributed by atoms with van der Waals surface area (Å²) in [4.78, 5) is 16.8. The Kier molecular flexibility index (Phi) is 6.22. The number of hydrogen-bond donors (Lipinski definition) is 0. The smallest absolute Gasteiger partial charge is 0.237 e. The molecule has 1 aliphatic rings. The van der Waals surface area contributed by atoms with Gasteiger partial charge in [-0.3, -0.25) is 9.69 Å². The number of likely N-dealkylation sites (N-methyl/N-ethyl adjacent to an activating group) is 1. The maximum absolute atomic E-state index is 12.6. The van der Waals surface area contributed by atoms with Crippen LogP contribution in [0.25, 0.3) is 0 Å². The van der Waals surface area contributed by atoms with Crippen LogP contribution in [-0.2, 0) is 4.79 Å². The second-order valence-electron chi connectivity index (χ2n) is 6.27. The molecule has 0 saturated carbocycles. The predicted molar refractivity (Wildman–Crippen MR) is 93.6 cm³/mol. The molecule has 0 aliphatic carbocycles. The number of likely N-dealkylation sites (tertiary alicyclic amines) is 1. The van der Waals surface area contributed by atoms with Crippen molar-refractivity contribution in [1.29, 1.82) is 0 Å². The van der Waals surface area contributed by atoms with Crippen LogP contribution in [-0.4, -0.2) is 49.0 Å². The third-order valence-corrected chi connectivity index (χ3v) is 4.38. The van der Waals surface area contributed by atoms with Gasteiger partial charge in [0.05, 0.1) is 13.7 Å². The quantitative estimate of drug-likeness (QED) is 0.724. The Labute approximate surface area is 139 Å². The number of rotatable bonds is 7. The van der Waals surface area contributed by atoms with Crippen molar-refractivity contribution in [2.45, 2.75) is 32.7 Å². The highest BCUT2D eigenvalue weighted by Crippen LogP contribution is 2.33. The van der Waals surface area contributed by atoms with Crippen molar-refractivity contribution >= 4 is 5.91 Å². The second-order valence-corrected chi connectivity index (χ2v) is 6.27.